The first-order valence-electron chi connectivity index (χ1n) is 20.8. The van der Waals surface area contributed by atoms with E-state index in [1.165, 1.54) is 61.0 Å². The number of anilines is 2. The summed E-state index contributed by atoms with van der Waals surface area (Å²) in [7, 11) is 0. The highest BCUT2D eigenvalue weighted by atomic mass is 16.1. The molecule has 4 aliphatic rings. The summed E-state index contributed by atoms with van der Waals surface area (Å²) in [4.78, 5) is 35.7. The molecule has 0 bridgehead atoms. The maximum Gasteiger partial charge on any atom is 0.145 e. The van der Waals surface area contributed by atoms with Crippen LogP contribution in [0, 0.1) is 36.5 Å². The molecule has 6 rings (SSSR count). The number of allylic oxidation sites excluding steroid dienone is 1. The number of para-hydroxylation sites is 2. The van der Waals surface area contributed by atoms with Gasteiger partial charge in [-0.2, -0.15) is 0 Å². The molecule has 2 saturated carbocycles. The molecule has 0 unspecified atom stereocenters. The van der Waals surface area contributed by atoms with Crippen molar-refractivity contribution in [1.82, 2.24) is 9.80 Å². The minimum absolute atomic E-state index is 0.171. The maximum atomic E-state index is 12.9. The van der Waals surface area contributed by atoms with Crippen molar-refractivity contribution < 1.29 is 9.59 Å². The smallest absolute Gasteiger partial charge is 0.145 e. The number of benzene rings is 2. The van der Waals surface area contributed by atoms with Crippen LogP contribution in [0.5, 0.6) is 0 Å². The van der Waals surface area contributed by atoms with Crippen molar-refractivity contribution >= 4 is 22.9 Å². The van der Waals surface area contributed by atoms with Crippen molar-refractivity contribution in [2.45, 2.75) is 112 Å². The third-order valence-corrected chi connectivity index (χ3v) is 12.6. The molecule has 6 nitrogen and oxygen atoms in total. The van der Waals surface area contributed by atoms with Gasteiger partial charge in [-0.3, -0.25) is 14.5 Å². The van der Waals surface area contributed by atoms with Crippen molar-refractivity contribution in [1.29, 1.82) is 0 Å². The molecule has 0 amide bonds. The maximum absolute atomic E-state index is 12.9. The van der Waals surface area contributed by atoms with Gasteiger partial charge in [0.25, 0.3) is 0 Å². The Bertz CT molecular complexity index is 1450. The molecular weight excluding hydrogens is 641 g/mol. The molecule has 6 heteroatoms. The highest BCUT2D eigenvalue weighted by Crippen LogP contribution is 2.35. The first-order chi connectivity index (χ1) is 24.9. The summed E-state index contributed by atoms with van der Waals surface area (Å²) in [6, 6.07) is 17.3. The molecule has 2 heterocycles. The van der Waals surface area contributed by atoms with E-state index < -0.39 is 0 Å². The Morgan fingerprint density at radius 2 is 1.06 bits per heavy atom. The SMILES string of the molecule is Cc1ccccc1N1CCN(/C=C/C(C)(C)C(=O)C2CCCCC2)CC1.Cc1ccccc1N1CCN(CCC(C)(C)C(=O)C2CCCCC2)CC1. The van der Waals surface area contributed by atoms with Crippen LogP contribution in [-0.2, 0) is 9.59 Å². The predicted octanol–water partition coefficient (Wildman–Crippen LogP) is 9.49. The fourth-order valence-electron chi connectivity index (χ4n) is 8.90. The predicted molar refractivity (Wildman–Crippen MR) is 219 cm³/mol. The average molecular weight is 711 g/mol. The number of Topliss-reactive ketones (excluding diaryl/α,β-unsaturated/α-hetero) is 2. The highest BCUT2D eigenvalue weighted by molar-refractivity contribution is 5.88. The van der Waals surface area contributed by atoms with Gasteiger partial charge in [0.1, 0.15) is 11.6 Å². The summed E-state index contributed by atoms with van der Waals surface area (Å²) in [5.74, 6) is 1.57. The van der Waals surface area contributed by atoms with E-state index in [-0.39, 0.29) is 16.7 Å². The molecule has 0 atom stereocenters. The van der Waals surface area contributed by atoms with Crippen LogP contribution in [0.15, 0.2) is 60.8 Å². The van der Waals surface area contributed by atoms with E-state index in [9.17, 15) is 9.59 Å². The summed E-state index contributed by atoms with van der Waals surface area (Å²) in [5.41, 5.74) is 4.91. The summed E-state index contributed by atoms with van der Waals surface area (Å²) in [6.07, 6.45) is 17.3. The Balaban J connectivity index is 0.000000201. The lowest BCUT2D eigenvalue weighted by molar-refractivity contribution is -0.132. The summed E-state index contributed by atoms with van der Waals surface area (Å²) >= 11 is 0. The molecule has 2 aliphatic heterocycles. The lowest BCUT2D eigenvalue weighted by atomic mass is 9.73. The van der Waals surface area contributed by atoms with Crippen molar-refractivity contribution in [3.63, 3.8) is 0 Å². The van der Waals surface area contributed by atoms with Gasteiger partial charge >= 0.3 is 0 Å². The van der Waals surface area contributed by atoms with Crippen LogP contribution in [0.3, 0.4) is 0 Å². The van der Waals surface area contributed by atoms with E-state index in [2.05, 4.69) is 122 Å². The summed E-state index contributed by atoms with van der Waals surface area (Å²) < 4.78 is 0. The summed E-state index contributed by atoms with van der Waals surface area (Å²) in [5, 5.41) is 0. The van der Waals surface area contributed by atoms with Gasteiger partial charge in [-0.1, -0.05) is 94.8 Å². The van der Waals surface area contributed by atoms with Gasteiger partial charge in [0.2, 0.25) is 0 Å². The Labute approximate surface area is 317 Å². The summed E-state index contributed by atoms with van der Waals surface area (Å²) in [6.45, 7) is 22.4. The molecule has 0 N–H and O–H groups in total. The fourth-order valence-corrected chi connectivity index (χ4v) is 8.90. The minimum Gasteiger partial charge on any atom is -0.374 e. The second kappa shape index (κ2) is 18.8. The normalized spacial score (nSPS) is 20.2. The Hall–Kier alpha value is -3.12. The monoisotopic (exact) mass is 711 g/mol. The van der Waals surface area contributed by atoms with Crippen molar-refractivity contribution in [2.75, 3.05) is 68.7 Å². The van der Waals surface area contributed by atoms with Gasteiger partial charge in [-0.05, 0) is 95.8 Å². The first kappa shape index (κ1) is 40.1. The fraction of sp³-hybridized carbons (Fsp3) is 0.652. The van der Waals surface area contributed by atoms with Crippen LogP contribution in [0.25, 0.3) is 0 Å². The number of piperazine rings is 2. The van der Waals surface area contributed by atoms with Crippen molar-refractivity contribution in [2.24, 2.45) is 22.7 Å². The molecule has 0 aromatic heterocycles. The third kappa shape index (κ3) is 11.0. The second-order valence-corrected chi connectivity index (χ2v) is 17.5. The van der Waals surface area contributed by atoms with Gasteiger partial charge in [-0.25, -0.2) is 0 Å². The number of aryl methyl sites for hydroxylation is 2. The molecule has 2 aromatic carbocycles. The van der Waals surface area contributed by atoms with Gasteiger partial charge in [0.05, 0.1) is 0 Å². The topological polar surface area (TPSA) is 47.1 Å². The van der Waals surface area contributed by atoms with Crippen LogP contribution in [0.2, 0.25) is 0 Å². The van der Waals surface area contributed by atoms with Crippen LogP contribution < -0.4 is 9.80 Å². The Morgan fingerprint density at radius 1 is 0.615 bits per heavy atom. The number of carbonyl (C=O) groups is 2. The zero-order valence-electron chi connectivity index (χ0n) is 33.7. The van der Waals surface area contributed by atoms with Gasteiger partial charge in [0.15, 0.2) is 0 Å². The average Bonchev–Trinajstić information content (AvgIpc) is 3.17. The third-order valence-electron chi connectivity index (χ3n) is 12.6. The van der Waals surface area contributed by atoms with Gasteiger partial charge in [-0.15, -0.1) is 0 Å². The number of hydrogen-bond acceptors (Lipinski definition) is 6. The van der Waals surface area contributed by atoms with Crippen LogP contribution in [-0.4, -0.2) is 80.3 Å². The molecule has 52 heavy (non-hydrogen) atoms. The standard InChI is InChI=1S/C23H36N2O.C23H34N2O/c2*1-19-9-7-8-12-21(19)25-17-15-24(16-18-25)14-13-23(2,3)22(26)20-10-5-4-6-11-20/h7-9,12,20H,4-6,10-11,13-18H2,1-3H3;7-9,12-14,20H,4-6,10-11,15-18H2,1-3H3/b;14-13+. The number of hydrogen-bond donors (Lipinski definition) is 0. The molecule has 0 radical (unpaired) electrons. The van der Waals surface area contributed by atoms with E-state index in [0.717, 1.165) is 91.0 Å². The second-order valence-electron chi connectivity index (χ2n) is 17.5. The van der Waals surface area contributed by atoms with E-state index in [4.69, 9.17) is 0 Å². The van der Waals surface area contributed by atoms with E-state index in [1.807, 2.05) is 0 Å². The quantitative estimate of drug-likeness (QED) is 0.232. The van der Waals surface area contributed by atoms with E-state index >= 15 is 0 Å². The molecule has 2 aliphatic carbocycles. The zero-order valence-corrected chi connectivity index (χ0v) is 33.7. The molecule has 2 saturated heterocycles. The van der Waals surface area contributed by atoms with Crippen molar-refractivity contribution in [3.8, 4) is 0 Å². The number of carbonyl (C=O) groups excluding carboxylic acids is 2. The molecule has 286 valence electrons. The van der Waals surface area contributed by atoms with Crippen LogP contribution in [0.1, 0.15) is 109 Å². The molecule has 4 fully saturated rings. The van der Waals surface area contributed by atoms with E-state index in [0.29, 0.717) is 17.5 Å². The first-order valence-corrected chi connectivity index (χ1v) is 20.8. The lowest BCUT2D eigenvalue weighted by Gasteiger charge is -2.38. The highest BCUT2D eigenvalue weighted by Gasteiger charge is 2.35. The zero-order chi connectivity index (χ0) is 37.1. The Morgan fingerprint density at radius 3 is 1.54 bits per heavy atom. The van der Waals surface area contributed by atoms with Gasteiger partial charge < -0.3 is 14.7 Å². The van der Waals surface area contributed by atoms with E-state index in [1.54, 1.807) is 0 Å². The van der Waals surface area contributed by atoms with Crippen LogP contribution in [0.4, 0.5) is 11.4 Å². The largest absolute Gasteiger partial charge is 0.374 e. The number of nitrogens with zero attached hydrogens (tertiary/aromatic N) is 4. The lowest BCUT2D eigenvalue weighted by Crippen LogP contribution is -2.48. The van der Waals surface area contributed by atoms with Crippen molar-refractivity contribution in [3.05, 3.63) is 71.9 Å². The Kier molecular flexibility index (Phi) is 14.5. The number of rotatable bonds is 11. The van der Waals surface area contributed by atoms with Gasteiger partial charge in [0, 0.05) is 86.4 Å². The minimum atomic E-state index is -0.352. The molecule has 0 spiro atoms. The molecular formula is C46H70N4O2. The van der Waals surface area contributed by atoms with Crippen LogP contribution >= 0.6 is 0 Å². The number of ketones is 2. The molecule has 2 aromatic rings.